The second-order valence-electron chi connectivity index (χ2n) is 9.20. The first-order valence-electron chi connectivity index (χ1n) is 12.2. The van der Waals surface area contributed by atoms with Gasteiger partial charge in [0.1, 0.15) is 18.0 Å². The molecule has 0 unspecified atom stereocenters. The Morgan fingerprint density at radius 3 is 1.68 bits per heavy atom. The van der Waals surface area contributed by atoms with E-state index < -0.39 is 22.9 Å². The Kier molecular flexibility index (Phi) is 6.83. The summed E-state index contributed by atoms with van der Waals surface area (Å²) in [5.41, 5.74) is -2.07. The van der Waals surface area contributed by atoms with E-state index in [1.807, 2.05) is 18.2 Å². The van der Waals surface area contributed by atoms with E-state index in [-0.39, 0.29) is 78.3 Å². The normalized spacial score (nSPS) is 14.8. The Bertz CT molecular complexity index is 2150. The maximum Gasteiger partial charge on any atom is 0.229 e. The molecule has 0 saturated carbocycles. The van der Waals surface area contributed by atoms with Gasteiger partial charge in [0.25, 0.3) is 0 Å². The lowest BCUT2D eigenvalue weighted by Gasteiger charge is -2.13. The molecule has 3 aromatic carbocycles. The van der Waals surface area contributed by atoms with Crippen LogP contribution in [0.2, 0.25) is 0 Å². The number of hydrogen-bond acceptors (Lipinski definition) is 4. The van der Waals surface area contributed by atoms with Gasteiger partial charge >= 0.3 is 0 Å². The molecule has 3 aromatic rings. The molecule has 0 heterocycles. The summed E-state index contributed by atoms with van der Waals surface area (Å²) in [6.45, 7) is 30.2. The van der Waals surface area contributed by atoms with Crippen molar-refractivity contribution in [3.63, 3.8) is 0 Å². The molecule has 0 N–H and O–H groups in total. The molecule has 0 fully saturated rings. The highest BCUT2D eigenvalue weighted by Crippen LogP contribution is 2.53. The largest absolute Gasteiger partial charge is 0.238 e. The van der Waals surface area contributed by atoms with Gasteiger partial charge in [-0.25, -0.2) is 28.2 Å². The molecule has 10 heteroatoms. The summed E-state index contributed by atoms with van der Waals surface area (Å²) >= 11 is 0. The van der Waals surface area contributed by atoms with Gasteiger partial charge in [-0.15, -0.1) is 0 Å². The molecule has 2 aliphatic rings. The summed E-state index contributed by atoms with van der Waals surface area (Å²) in [4.78, 5) is 13.4. The van der Waals surface area contributed by atoms with Gasteiger partial charge in [0, 0.05) is 27.8 Å². The van der Waals surface area contributed by atoms with Crippen molar-refractivity contribution in [3.05, 3.63) is 150 Å². The number of allylic oxidation sites excluding steroid dienone is 6. The van der Waals surface area contributed by atoms with Gasteiger partial charge in [-0.2, -0.15) is 21.0 Å². The van der Waals surface area contributed by atoms with Crippen molar-refractivity contribution in [2.75, 3.05) is 0 Å². The van der Waals surface area contributed by atoms with Gasteiger partial charge in [0.05, 0.1) is 49.6 Å². The van der Waals surface area contributed by atoms with Crippen molar-refractivity contribution in [1.29, 1.82) is 21.0 Å². The zero-order chi connectivity index (χ0) is 31.7. The van der Waals surface area contributed by atoms with Gasteiger partial charge < -0.3 is 0 Å². The summed E-state index contributed by atoms with van der Waals surface area (Å²) < 4.78 is 32.0. The number of fused-ring (bicyclic) bond motifs is 2. The lowest BCUT2D eigenvalue weighted by atomic mass is 9.90. The van der Waals surface area contributed by atoms with Crippen molar-refractivity contribution >= 4 is 45.1 Å². The minimum absolute atomic E-state index is 0.000578. The van der Waals surface area contributed by atoms with E-state index in [2.05, 4.69) is 19.4 Å². The van der Waals surface area contributed by atoms with Crippen molar-refractivity contribution in [3.8, 4) is 24.3 Å². The SMILES string of the molecule is [C-]#[N+]C1=C(F)/C(=C(\[N+]#[C-])c2cc(C#N)cc([N+]#[C-])c2)c2cc3c(cc21)C(C#N)=C(F)C3=C(C#N)c1cc(C#N)cc([N+]#[C-])c1. The number of rotatable bonds is 2. The van der Waals surface area contributed by atoms with Gasteiger partial charge in [-0.3, -0.25) is 0 Å². The van der Waals surface area contributed by atoms with Crippen LogP contribution < -0.4 is 0 Å². The van der Waals surface area contributed by atoms with Crippen LogP contribution in [0.5, 0.6) is 0 Å². The highest BCUT2D eigenvalue weighted by Gasteiger charge is 2.37. The minimum atomic E-state index is -1.07. The summed E-state index contributed by atoms with van der Waals surface area (Å²) in [6.07, 6.45) is 0. The topological polar surface area (TPSA) is 113 Å². The van der Waals surface area contributed by atoms with E-state index in [9.17, 15) is 21.0 Å². The molecule has 0 aromatic heterocycles. The van der Waals surface area contributed by atoms with Crippen LogP contribution in [0.25, 0.3) is 53.1 Å². The Labute approximate surface area is 249 Å². The Balaban J connectivity index is 1.90. The predicted molar refractivity (Wildman–Crippen MR) is 155 cm³/mol. The zero-order valence-corrected chi connectivity index (χ0v) is 22.0. The molecular formula is C34H8F2N8. The van der Waals surface area contributed by atoms with Crippen molar-refractivity contribution in [2.45, 2.75) is 0 Å². The molecule has 0 spiro atoms. The van der Waals surface area contributed by atoms with Crippen LogP contribution >= 0.6 is 0 Å². The van der Waals surface area contributed by atoms with E-state index in [1.165, 1.54) is 48.5 Å². The molecule has 8 nitrogen and oxygen atoms in total. The van der Waals surface area contributed by atoms with E-state index in [0.717, 1.165) is 0 Å². The maximum atomic E-state index is 16.0. The van der Waals surface area contributed by atoms with Crippen molar-refractivity contribution < 1.29 is 8.78 Å². The second kappa shape index (κ2) is 10.8. The monoisotopic (exact) mass is 566 g/mol. The second-order valence-corrected chi connectivity index (χ2v) is 9.20. The summed E-state index contributed by atoms with van der Waals surface area (Å²) in [5, 5.41) is 38.9. The molecule has 5 rings (SSSR count). The Morgan fingerprint density at radius 2 is 1.16 bits per heavy atom. The average Bonchev–Trinajstić information content (AvgIpc) is 3.48. The zero-order valence-electron chi connectivity index (χ0n) is 22.0. The summed E-state index contributed by atoms with van der Waals surface area (Å²) in [6, 6.07) is 17.8. The Morgan fingerprint density at radius 1 is 0.591 bits per heavy atom. The van der Waals surface area contributed by atoms with Crippen LogP contribution in [-0.4, -0.2) is 0 Å². The standard InChI is InChI=1S/C34H8F2N8/c1-41-21-7-17(13-37)5-19(9-21)27(15-39)29-24-12-25-26(11-23(24)28(16-40)31(29)35)34(44-4)32(36)30(25)33(43-3)20-6-18(14-38)8-22(10-20)42-2/h5-12H/b29-27?,33-30-. The van der Waals surface area contributed by atoms with Crippen LogP contribution in [0.1, 0.15) is 44.5 Å². The number of nitrogens with zero attached hydrogens (tertiary/aromatic N) is 8. The predicted octanol–water partition coefficient (Wildman–Crippen LogP) is 8.54. The molecule has 0 saturated heterocycles. The summed E-state index contributed by atoms with van der Waals surface area (Å²) in [7, 11) is 0. The van der Waals surface area contributed by atoms with Gasteiger partial charge in [0.15, 0.2) is 17.2 Å². The molecule has 0 amide bonds. The first-order valence-corrected chi connectivity index (χ1v) is 12.2. The van der Waals surface area contributed by atoms with E-state index >= 15 is 8.78 Å². The van der Waals surface area contributed by atoms with Gasteiger partial charge in [-0.05, 0) is 58.1 Å². The van der Waals surface area contributed by atoms with Crippen molar-refractivity contribution in [2.24, 2.45) is 0 Å². The molecule has 0 bridgehead atoms. The number of benzene rings is 3. The summed E-state index contributed by atoms with van der Waals surface area (Å²) in [5.74, 6) is -2.13. The van der Waals surface area contributed by atoms with Crippen LogP contribution in [0.3, 0.4) is 0 Å². The highest BCUT2D eigenvalue weighted by molar-refractivity contribution is 6.17. The number of nitriles is 4. The van der Waals surface area contributed by atoms with E-state index in [4.69, 9.17) is 26.3 Å². The molecule has 198 valence electrons. The Hall–Kier alpha value is -7.60. The molecule has 44 heavy (non-hydrogen) atoms. The molecular weight excluding hydrogens is 558 g/mol. The first kappa shape index (κ1) is 27.9. The highest BCUT2D eigenvalue weighted by atomic mass is 19.1. The fraction of sp³-hybridized carbons (Fsp3) is 0. The van der Waals surface area contributed by atoms with Gasteiger partial charge in [-0.1, -0.05) is 18.2 Å². The number of hydrogen-bond donors (Lipinski definition) is 0. The van der Waals surface area contributed by atoms with Crippen LogP contribution in [0, 0.1) is 71.6 Å². The number of halogens is 2. The fourth-order valence-electron chi connectivity index (χ4n) is 5.12. The van der Waals surface area contributed by atoms with Crippen LogP contribution in [-0.2, 0) is 0 Å². The van der Waals surface area contributed by atoms with Crippen LogP contribution in [0.15, 0.2) is 60.2 Å². The smallest absolute Gasteiger partial charge is 0.229 e. The van der Waals surface area contributed by atoms with E-state index in [1.54, 1.807) is 6.07 Å². The molecule has 0 atom stereocenters. The van der Waals surface area contributed by atoms with Crippen LogP contribution in [0.4, 0.5) is 20.2 Å². The third-order valence-electron chi connectivity index (χ3n) is 6.94. The lowest BCUT2D eigenvalue weighted by Crippen LogP contribution is -1.95. The quantitative estimate of drug-likeness (QED) is 0.228. The molecule has 0 radical (unpaired) electrons. The maximum absolute atomic E-state index is 16.0. The van der Waals surface area contributed by atoms with Crippen molar-refractivity contribution in [1.82, 2.24) is 0 Å². The molecule has 2 aliphatic carbocycles. The lowest BCUT2D eigenvalue weighted by molar-refractivity contribution is 0.681. The third kappa shape index (κ3) is 4.13. The fourth-order valence-corrected chi connectivity index (χ4v) is 5.12. The first-order chi connectivity index (χ1) is 21.3. The average molecular weight is 566 g/mol. The van der Waals surface area contributed by atoms with Gasteiger partial charge in [0.2, 0.25) is 11.4 Å². The molecule has 0 aliphatic heterocycles. The minimum Gasteiger partial charge on any atom is -0.238 e. The third-order valence-corrected chi connectivity index (χ3v) is 6.94. The van der Waals surface area contributed by atoms with E-state index in [0.29, 0.717) is 0 Å².